The van der Waals surface area contributed by atoms with Gasteiger partial charge in [-0.1, -0.05) is 19.1 Å². The van der Waals surface area contributed by atoms with E-state index in [4.69, 9.17) is 0 Å². The molecule has 108 valence electrons. The molecule has 0 aliphatic carbocycles. The number of rotatable bonds is 3. The highest BCUT2D eigenvalue weighted by molar-refractivity contribution is 6.03. The minimum atomic E-state index is -0.0413. The van der Waals surface area contributed by atoms with Gasteiger partial charge in [0.2, 0.25) is 5.91 Å². The smallest absolute Gasteiger partial charge is 0.244 e. The summed E-state index contributed by atoms with van der Waals surface area (Å²) in [7, 11) is 1.84. The zero-order chi connectivity index (χ0) is 14.8. The number of hydrogen-bond donors (Lipinski definition) is 2. The van der Waals surface area contributed by atoms with E-state index in [9.17, 15) is 4.79 Å². The number of amides is 1. The first-order chi connectivity index (χ1) is 10.2. The minimum absolute atomic E-state index is 0.0413. The predicted molar refractivity (Wildman–Crippen MR) is 83.0 cm³/mol. The SMILES string of the molecule is CCc1c(NC)ncnc1N1CC(=O)Nc2ccccc21. The summed E-state index contributed by atoms with van der Waals surface area (Å²) in [4.78, 5) is 22.6. The fourth-order valence-electron chi connectivity index (χ4n) is 2.60. The molecule has 1 amide bonds. The molecule has 0 spiro atoms. The molecule has 2 N–H and O–H groups in total. The lowest BCUT2D eigenvalue weighted by atomic mass is 10.1. The summed E-state index contributed by atoms with van der Waals surface area (Å²) >= 11 is 0. The molecule has 0 atom stereocenters. The minimum Gasteiger partial charge on any atom is -0.373 e. The largest absolute Gasteiger partial charge is 0.373 e. The lowest BCUT2D eigenvalue weighted by Gasteiger charge is -2.31. The Kier molecular flexibility index (Phi) is 3.43. The van der Waals surface area contributed by atoms with Crippen LogP contribution in [-0.2, 0) is 11.2 Å². The van der Waals surface area contributed by atoms with Gasteiger partial charge < -0.3 is 15.5 Å². The Hall–Kier alpha value is -2.63. The van der Waals surface area contributed by atoms with Gasteiger partial charge in [-0.3, -0.25) is 4.79 Å². The molecule has 1 aromatic carbocycles. The number of carbonyl (C=O) groups is 1. The Bertz CT molecular complexity index is 686. The lowest BCUT2D eigenvalue weighted by Crippen LogP contribution is -2.36. The number of benzene rings is 1. The van der Waals surface area contributed by atoms with Crippen molar-refractivity contribution < 1.29 is 4.79 Å². The molecule has 0 saturated heterocycles. The van der Waals surface area contributed by atoms with Crippen LogP contribution in [0, 0.1) is 0 Å². The van der Waals surface area contributed by atoms with Crippen molar-refractivity contribution in [1.82, 2.24) is 9.97 Å². The van der Waals surface area contributed by atoms with Crippen LogP contribution >= 0.6 is 0 Å². The van der Waals surface area contributed by atoms with Crippen molar-refractivity contribution >= 4 is 28.9 Å². The molecule has 6 nitrogen and oxygen atoms in total. The molecular weight excluding hydrogens is 266 g/mol. The molecule has 0 fully saturated rings. The number of aromatic nitrogens is 2. The van der Waals surface area contributed by atoms with Crippen LogP contribution in [0.3, 0.4) is 0 Å². The van der Waals surface area contributed by atoms with Gasteiger partial charge in [-0.2, -0.15) is 0 Å². The molecule has 21 heavy (non-hydrogen) atoms. The van der Waals surface area contributed by atoms with Crippen LogP contribution in [0.2, 0.25) is 0 Å². The molecule has 1 aliphatic rings. The highest BCUT2D eigenvalue weighted by atomic mass is 16.2. The average molecular weight is 283 g/mol. The van der Waals surface area contributed by atoms with E-state index >= 15 is 0 Å². The molecule has 0 bridgehead atoms. The van der Waals surface area contributed by atoms with Crippen molar-refractivity contribution in [1.29, 1.82) is 0 Å². The van der Waals surface area contributed by atoms with Gasteiger partial charge in [0.1, 0.15) is 24.5 Å². The molecule has 1 aliphatic heterocycles. The summed E-state index contributed by atoms with van der Waals surface area (Å²) in [6.45, 7) is 2.31. The number of carbonyl (C=O) groups excluding carboxylic acids is 1. The van der Waals surface area contributed by atoms with Crippen molar-refractivity contribution in [3.8, 4) is 0 Å². The van der Waals surface area contributed by atoms with Gasteiger partial charge in [-0.15, -0.1) is 0 Å². The van der Waals surface area contributed by atoms with Crippen molar-refractivity contribution in [3.63, 3.8) is 0 Å². The van der Waals surface area contributed by atoms with E-state index in [2.05, 4.69) is 27.5 Å². The van der Waals surface area contributed by atoms with Gasteiger partial charge in [0, 0.05) is 12.6 Å². The van der Waals surface area contributed by atoms with E-state index in [1.54, 1.807) is 0 Å². The van der Waals surface area contributed by atoms with Crippen LogP contribution in [0.25, 0.3) is 0 Å². The van der Waals surface area contributed by atoms with Gasteiger partial charge in [0.15, 0.2) is 0 Å². The van der Waals surface area contributed by atoms with Crippen LogP contribution in [0.4, 0.5) is 23.0 Å². The Morgan fingerprint density at radius 1 is 1.33 bits per heavy atom. The van der Waals surface area contributed by atoms with Crippen molar-refractivity contribution in [2.75, 3.05) is 29.1 Å². The normalized spacial score (nSPS) is 13.6. The summed E-state index contributed by atoms with van der Waals surface area (Å²) in [6, 6.07) is 7.73. The van der Waals surface area contributed by atoms with Gasteiger partial charge in [-0.05, 0) is 18.6 Å². The molecule has 3 rings (SSSR count). The summed E-state index contributed by atoms with van der Waals surface area (Å²) in [5, 5.41) is 5.97. The second-order valence-corrected chi connectivity index (χ2v) is 4.78. The van der Waals surface area contributed by atoms with E-state index in [0.717, 1.165) is 35.0 Å². The average Bonchev–Trinajstić information content (AvgIpc) is 2.53. The highest BCUT2D eigenvalue weighted by Crippen LogP contribution is 2.36. The second-order valence-electron chi connectivity index (χ2n) is 4.78. The second kappa shape index (κ2) is 5.40. The standard InChI is InChI=1S/C15H17N5O/c1-3-10-14(16-2)17-9-18-15(10)20-8-13(21)19-11-6-4-5-7-12(11)20/h4-7,9H,3,8H2,1-2H3,(H,19,21)(H,16,17,18). The maximum atomic E-state index is 12.0. The van der Waals surface area contributed by atoms with E-state index in [1.807, 2.05) is 36.2 Å². The first-order valence-electron chi connectivity index (χ1n) is 6.92. The number of hydrogen-bond acceptors (Lipinski definition) is 5. The summed E-state index contributed by atoms with van der Waals surface area (Å²) in [5.74, 6) is 1.53. The maximum Gasteiger partial charge on any atom is 0.244 e. The monoisotopic (exact) mass is 283 g/mol. The first kappa shape index (κ1) is 13.4. The Balaban J connectivity index is 2.15. The topological polar surface area (TPSA) is 70.2 Å². The summed E-state index contributed by atoms with van der Waals surface area (Å²) < 4.78 is 0. The molecule has 6 heteroatoms. The number of para-hydroxylation sites is 2. The number of nitrogens with one attached hydrogen (secondary N) is 2. The fourth-order valence-corrected chi connectivity index (χ4v) is 2.60. The third kappa shape index (κ3) is 2.29. The summed E-state index contributed by atoms with van der Waals surface area (Å²) in [6.07, 6.45) is 2.31. The van der Waals surface area contributed by atoms with Crippen LogP contribution < -0.4 is 15.5 Å². The lowest BCUT2D eigenvalue weighted by molar-refractivity contribution is -0.115. The van der Waals surface area contributed by atoms with Crippen molar-refractivity contribution in [2.45, 2.75) is 13.3 Å². The maximum absolute atomic E-state index is 12.0. The Morgan fingerprint density at radius 2 is 2.14 bits per heavy atom. The highest BCUT2D eigenvalue weighted by Gasteiger charge is 2.26. The molecular formula is C15H17N5O. The quantitative estimate of drug-likeness (QED) is 0.903. The third-order valence-electron chi connectivity index (χ3n) is 3.54. The molecule has 0 radical (unpaired) electrons. The number of fused-ring (bicyclic) bond motifs is 1. The van der Waals surface area contributed by atoms with E-state index < -0.39 is 0 Å². The van der Waals surface area contributed by atoms with Crippen molar-refractivity contribution in [3.05, 3.63) is 36.2 Å². The molecule has 2 heterocycles. The molecule has 1 aromatic heterocycles. The van der Waals surface area contributed by atoms with Crippen LogP contribution in [0.1, 0.15) is 12.5 Å². The van der Waals surface area contributed by atoms with E-state index in [1.165, 1.54) is 6.33 Å². The van der Waals surface area contributed by atoms with E-state index in [-0.39, 0.29) is 12.5 Å². The molecule has 0 unspecified atom stereocenters. The van der Waals surface area contributed by atoms with Gasteiger partial charge >= 0.3 is 0 Å². The van der Waals surface area contributed by atoms with Gasteiger partial charge in [-0.25, -0.2) is 9.97 Å². The zero-order valence-corrected chi connectivity index (χ0v) is 12.1. The predicted octanol–water partition coefficient (Wildman–Crippen LogP) is 2.17. The fraction of sp³-hybridized carbons (Fsp3) is 0.267. The Labute approximate surface area is 123 Å². The third-order valence-corrected chi connectivity index (χ3v) is 3.54. The van der Waals surface area contributed by atoms with E-state index in [0.29, 0.717) is 0 Å². The summed E-state index contributed by atoms with van der Waals surface area (Å²) in [5.41, 5.74) is 2.76. The van der Waals surface area contributed by atoms with Gasteiger partial charge in [0.25, 0.3) is 0 Å². The molecule has 2 aromatic rings. The Morgan fingerprint density at radius 3 is 2.90 bits per heavy atom. The van der Waals surface area contributed by atoms with Crippen molar-refractivity contribution in [2.24, 2.45) is 0 Å². The first-order valence-corrected chi connectivity index (χ1v) is 6.92. The number of nitrogens with zero attached hydrogens (tertiary/aromatic N) is 3. The van der Waals surface area contributed by atoms with Crippen LogP contribution in [-0.4, -0.2) is 29.5 Å². The number of anilines is 4. The van der Waals surface area contributed by atoms with Crippen LogP contribution in [0.15, 0.2) is 30.6 Å². The molecule has 0 saturated carbocycles. The van der Waals surface area contributed by atoms with Crippen LogP contribution in [0.5, 0.6) is 0 Å². The zero-order valence-electron chi connectivity index (χ0n) is 12.1. The van der Waals surface area contributed by atoms with Gasteiger partial charge in [0.05, 0.1) is 11.4 Å².